The zero-order valence-electron chi connectivity index (χ0n) is 14.3. The van der Waals surface area contributed by atoms with Gasteiger partial charge in [0.05, 0.1) is 7.11 Å². The molecule has 6 heteroatoms. The largest absolute Gasteiger partial charge is 0.496 e. The average molecular weight is 336 g/mol. The molecule has 3 rings (SSSR count). The van der Waals surface area contributed by atoms with Gasteiger partial charge in [0.25, 0.3) is 0 Å². The number of aromatic nitrogens is 3. The van der Waals surface area contributed by atoms with Gasteiger partial charge in [-0.3, -0.25) is 9.20 Å². The molecule has 2 aromatic heterocycles. The van der Waals surface area contributed by atoms with Crippen molar-refractivity contribution in [1.29, 1.82) is 0 Å². The van der Waals surface area contributed by atoms with Crippen molar-refractivity contribution in [2.24, 2.45) is 0 Å². The fourth-order valence-corrected chi connectivity index (χ4v) is 2.57. The lowest BCUT2D eigenvalue weighted by Gasteiger charge is -2.05. The van der Waals surface area contributed by atoms with Crippen LogP contribution in [-0.4, -0.2) is 34.2 Å². The van der Waals surface area contributed by atoms with Crippen LogP contribution in [0.1, 0.15) is 17.0 Å². The van der Waals surface area contributed by atoms with Crippen LogP contribution in [0.15, 0.2) is 48.7 Å². The third-order valence-electron chi connectivity index (χ3n) is 3.83. The minimum absolute atomic E-state index is 0.155. The molecule has 0 spiro atoms. The maximum atomic E-state index is 12.0. The molecule has 0 radical (unpaired) electrons. The molecule has 1 aromatic carbocycles. The van der Waals surface area contributed by atoms with Crippen molar-refractivity contribution in [3.05, 3.63) is 65.6 Å². The van der Waals surface area contributed by atoms with E-state index in [0.717, 1.165) is 28.3 Å². The Morgan fingerprint density at radius 2 is 2.16 bits per heavy atom. The second-order valence-corrected chi connectivity index (χ2v) is 5.66. The molecule has 0 aliphatic heterocycles. The molecule has 0 aliphatic carbocycles. The minimum Gasteiger partial charge on any atom is -0.496 e. The second kappa shape index (κ2) is 7.61. The summed E-state index contributed by atoms with van der Waals surface area (Å²) < 4.78 is 7.22. The topological polar surface area (TPSA) is 68.5 Å². The summed E-state index contributed by atoms with van der Waals surface area (Å²) in [5.74, 6) is 1.40. The van der Waals surface area contributed by atoms with Crippen LogP contribution in [0.25, 0.3) is 11.7 Å². The van der Waals surface area contributed by atoms with Crippen LogP contribution < -0.4 is 10.1 Å². The van der Waals surface area contributed by atoms with Crippen molar-refractivity contribution in [2.75, 3.05) is 13.7 Å². The first-order chi connectivity index (χ1) is 12.2. The first-order valence-electron chi connectivity index (χ1n) is 8.06. The number of benzene rings is 1. The third kappa shape index (κ3) is 4.03. The summed E-state index contributed by atoms with van der Waals surface area (Å²) in [6.07, 6.45) is 5.79. The number of carbonyl (C=O) groups is 1. The highest BCUT2D eigenvalue weighted by Crippen LogP contribution is 2.20. The summed E-state index contributed by atoms with van der Waals surface area (Å²) in [5.41, 5.74) is 2.79. The molecule has 0 bridgehead atoms. The first-order valence-corrected chi connectivity index (χ1v) is 8.06. The SMILES string of the molecule is COc1ccc(C)cc1/C=C/C(=O)NCCc1nnc2ccccn12. The van der Waals surface area contributed by atoms with Gasteiger partial charge in [-0.2, -0.15) is 0 Å². The fourth-order valence-electron chi connectivity index (χ4n) is 2.57. The Labute approximate surface area is 146 Å². The Hall–Kier alpha value is -3.15. The van der Waals surface area contributed by atoms with E-state index in [4.69, 9.17) is 4.74 Å². The number of hydrogen-bond donors (Lipinski definition) is 1. The van der Waals surface area contributed by atoms with E-state index in [-0.39, 0.29) is 5.91 Å². The van der Waals surface area contributed by atoms with E-state index in [0.29, 0.717) is 13.0 Å². The molecule has 1 amide bonds. The van der Waals surface area contributed by atoms with E-state index < -0.39 is 0 Å². The third-order valence-corrected chi connectivity index (χ3v) is 3.83. The number of methoxy groups -OCH3 is 1. The summed E-state index contributed by atoms with van der Waals surface area (Å²) in [7, 11) is 1.62. The summed E-state index contributed by atoms with van der Waals surface area (Å²) in [5, 5.41) is 11.1. The Balaban J connectivity index is 1.57. The zero-order valence-corrected chi connectivity index (χ0v) is 14.3. The predicted octanol–water partition coefficient (Wildman–Crippen LogP) is 2.42. The van der Waals surface area contributed by atoms with E-state index in [1.54, 1.807) is 13.2 Å². The number of nitrogens with one attached hydrogen (secondary N) is 1. The molecule has 3 aromatic rings. The molecule has 0 aliphatic rings. The number of pyridine rings is 1. The van der Waals surface area contributed by atoms with Gasteiger partial charge >= 0.3 is 0 Å². The van der Waals surface area contributed by atoms with Crippen LogP contribution in [0.3, 0.4) is 0 Å². The van der Waals surface area contributed by atoms with Crippen LogP contribution in [0, 0.1) is 6.92 Å². The number of fused-ring (bicyclic) bond motifs is 1. The highest BCUT2D eigenvalue weighted by molar-refractivity contribution is 5.92. The number of ether oxygens (including phenoxy) is 1. The van der Waals surface area contributed by atoms with Crippen LogP contribution in [-0.2, 0) is 11.2 Å². The van der Waals surface area contributed by atoms with Crippen LogP contribution >= 0.6 is 0 Å². The van der Waals surface area contributed by atoms with Crippen molar-refractivity contribution in [1.82, 2.24) is 19.9 Å². The number of amides is 1. The molecule has 2 heterocycles. The van der Waals surface area contributed by atoms with Gasteiger partial charge in [-0.05, 0) is 37.3 Å². The van der Waals surface area contributed by atoms with Crippen LogP contribution in [0.5, 0.6) is 5.75 Å². The molecule has 0 fully saturated rings. The number of hydrogen-bond acceptors (Lipinski definition) is 4. The van der Waals surface area contributed by atoms with Crippen molar-refractivity contribution in [2.45, 2.75) is 13.3 Å². The molecule has 6 nitrogen and oxygen atoms in total. The number of carbonyl (C=O) groups excluding carboxylic acids is 1. The molecular formula is C19H20N4O2. The molecule has 25 heavy (non-hydrogen) atoms. The Morgan fingerprint density at radius 3 is 3.00 bits per heavy atom. The van der Waals surface area contributed by atoms with E-state index in [1.807, 2.05) is 53.9 Å². The van der Waals surface area contributed by atoms with Crippen LogP contribution in [0.4, 0.5) is 0 Å². The fraction of sp³-hybridized carbons (Fsp3) is 0.211. The van der Waals surface area contributed by atoms with Crippen molar-refractivity contribution >= 4 is 17.6 Å². The first kappa shape index (κ1) is 16.7. The van der Waals surface area contributed by atoms with Gasteiger partial charge in [-0.1, -0.05) is 17.7 Å². The smallest absolute Gasteiger partial charge is 0.244 e. The summed E-state index contributed by atoms with van der Waals surface area (Å²) in [6, 6.07) is 11.6. The maximum absolute atomic E-state index is 12.0. The van der Waals surface area contributed by atoms with E-state index >= 15 is 0 Å². The highest BCUT2D eigenvalue weighted by Gasteiger charge is 2.05. The number of aryl methyl sites for hydroxylation is 1. The van der Waals surface area contributed by atoms with Crippen molar-refractivity contribution < 1.29 is 9.53 Å². The molecular weight excluding hydrogens is 316 g/mol. The van der Waals surface area contributed by atoms with Gasteiger partial charge < -0.3 is 10.1 Å². The molecule has 1 N–H and O–H groups in total. The van der Waals surface area contributed by atoms with Gasteiger partial charge in [-0.25, -0.2) is 0 Å². The minimum atomic E-state index is -0.155. The van der Waals surface area contributed by atoms with Gasteiger partial charge in [-0.15, -0.1) is 10.2 Å². The average Bonchev–Trinajstić information content (AvgIpc) is 3.03. The lowest BCUT2D eigenvalue weighted by molar-refractivity contribution is -0.116. The van der Waals surface area contributed by atoms with Gasteiger partial charge in [0.1, 0.15) is 11.6 Å². The highest BCUT2D eigenvalue weighted by atomic mass is 16.5. The molecule has 0 saturated heterocycles. The lowest BCUT2D eigenvalue weighted by Crippen LogP contribution is -2.24. The van der Waals surface area contributed by atoms with Gasteiger partial charge in [0.15, 0.2) is 5.65 Å². The van der Waals surface area contributed by atoms with Crippen molar-refractivity contribution in [3.63, 3.8) is 0 Å². The zero-order chi connectivity index (χ0) is 17.6. The molecule has 0 atom stereocenters. The summed E-state index contributed by atoms with van der Waals surface area (Å²) >= 11 is 0. The molecule has 0 unspecified atom stereocenters. The van der Waals surface area contributed by atoms with Gasteiger partial charge in [0, 0.05) is 30.8 Å². The Morgan fingerprint density at radius 1 is 1.28 bits per heavy atom. The van der Waals surface area contributed by atoms with E-state index in [9.17, 15) is 4.79 Å². The quantitative estimate of drug-likeness (QED) is 0.702. The maximum Gasteiger partial charge on any atom is 0.244 e. The van der Waals surface area contributed by atoms with Crippen molar-refractivity contribution in [3.8, 4) is 5.75 Å². The summed E-state index contributed by atoms with van der Waals surface area (Å²) in [6.45, 7) is 2.49. The molecule has 128 valence electrons. The lowest BCUT2D eigenvalue weighted by atomic mass is 10.1. The normalized spacial score (nSPS) is 11.1. The van der Waals surface area contributed by atoms with E-state index in [2.05, 4.69) is 15.5 Å². The van der Waals surface area contributed by atoms with Crippen LogP contribution in [0.2, 0.25) is 0 Å². The number of rotatable bonds is 6. The second-order valence-electron chi connectivity index (χ2n) is 5.66. The van der Waals surface area contributed by atoms with Gasteiger partial charge in [0.2, 0.25) is 5.91 Å². The Bertz CT molecular complexity index is 915. The standard InChI is InChI=1S/C19H20N4O2/c1-14-6-8-16(25-2)15(13-14)7-9-19(24)20-11-10-18-22-21-17-5-3-4-12-23(17)18/h3-9,12-13H,10-11H2,1-2H3,(H,20,24)/b9-7+. The predicted molar refractivity (Wildman–Crippen MR) is 96.5 cm³/mol. The Kier molecular flexibility index (Phi) is 5.09. The molecule has 0 saturated carbocycles. The number of nitrogens with zero attached hydrogens (tertiary/aromatic N) is 3. The monoisotopic (exact) mass is 336 g/mol. The van der Waals surface area contributed by atoms with E-state index in [1.165, 1.54) is 6.08 Å². The summed E-state index contributed by atoms with van der Waals surface area (Å²) in [4.78, 5) is 12.0.